The number of ether oxygens (including phenoxy) is 2. The van der Waals surface area contributed by atoms with Gasteiger partial charge in [0.05, 0.1) is 24.1 Å². The molecule has 9 nitrogen and oxygen atoms in total. The molecule has 3 aromatic carbocycles. The van der Waals surface area contributed by atoms with Gasteiger partial charge in [-0.25, -0.2) is 0 Å². The summed E-state index contributed by atoms with van der Waals surface area (Å²) in [6.07, 6.45) is 2.13. The van der Waals surface area contributed by atoms with E-state index in [-0.39, 0.29) is 12.0 Å². The smallest absolute Gasteiger partial charge is 0.307 e. The zero-order valence-electron chi connectivity index (χ0n) is 28.5. The second-order valence-corrected chi connectivity index (χ2v) is 13.6. The van der Waals surface area contributed by atoms with Crippen molar-refractivity contribution < 1.29 is 19.4 Å². The van der Waals surface area contributed by atoms with Gasteiger partial charge >= 0.3 is 5.97 Å². The molecule has 5 aromatic rings. The fourth-order valence-corrected chi connectivity index (χ4v) is 7.77. The van der Waals surface area contributed by atoms with Gasteiger partial charge in [0, 0.05) is 41.8 Å². The van der Waals surface area contributed by atoms with Gasteiger partial charge in [0.25, 0.3) is 0 Å². The van der Waals surface area contributed by atoms with Crippen molar-refractivity contribution in [2.24, 2.45) is 5.92 Å². The number of likely N-dealkylation sites (tertiary alicyclic amines) is 1. The first-order valence-electron chi connectivity index (χ1n) is 17.1. The summed E-state index contributed by atoms with van der Waals surface area (Å²) in [5.74, 6) is -0.210. The van der Waals surface area contributed by atoms with Crippen molar-refractivity contribution in [1.29, 1.82) is 5.26 Å². The number of carboxylic acid groups (broad SMARTS) is 1. The van der Waals surface area contributed by atoms with Crippen LogP contribution in [0.4, 0.5) is 0 Å². The highest BCUT2D eigenvalue weighted by molar-refractivity contribution is 6.31. The molecule has 2 atom stereocenters. The molecule has 256 valence electrons. The van der Waals surface area contributed by atoms with Crippen molar-refractivity contribution >= 4 is 28.5 Å². The number of nitrogens with zero attached hydrogens (tertiary/aromatic N) is 3. The van der Waals surface area contributed by atoms with E-state index in [4.69, 9.17) is 21.1 Å². The monoisotopic (exact) mass is 689 g/mol. The van der Waals surface area contributed by atoms with Gasteiger partial charge in [-0.2, -0.15) is 10.2 Å². The van der Waals surface area contributed by atoms with Crippen LogP contribution >= 0.6 is 11.6 Å². The Kier molecular flexibility index (Phi) is 9.52. The fourth-order valence-electron chi connectivity index (χ4n) is 7.55. The molecule has 0 radical (unpaired) electrons. The van der Waals surface area contributed by atoms with Gasteiger partial charge < -0.3 is 24.9 Å². The number of nitriles is 1. The van der Waals surface area contributed by atoms with E-state index in [1.807, 2.05) is 19.1 Å². The molecular weight excluding hydrogens is 650 g/mol. The Balaban J connectivity index is 1.17. The molecule has 1 fully saturated rings. The standard InChI is InChI=1S/C40H40ClN5O4/c1-4-43-20-28-17-34(41)39(45-38(28)49-3)50-36-12-11-32-31(9-6-10-33(32)36)29-7-5-8-30(23(29)2)35-18-26-15-24(16-27(19-42)37(26)44-35)21-46-14-13-25(22-46)40(47)48/h5-10,15-18,25,36,43-44H,4,11-14,20-22H2,1-3H3,(H,47,48)/t25-,36-/m0/s1. The van der Waals surface area contributed by atoms with E-state index < -0.39 is 5.97 Å². The van der Waals surface area contributed by atoms with E-state index in [1.165, 1.54) is 11.1 Å². The van der Waals surface area contributed by atoms with Crippen molar-refractivity contribution in [3.05, 3.63) is 99.1 Å². The molecule has 2 aliphatic rings. The first kappa shape index (κ1) is 33.6. The van der Waals surface area contributed by atoms with Crippen LogP contribution in [0.5, 0.6) is 11.8 Å². The minimum absolute atomic E-state index is 0.189. The van der Waals surface area contributed by atoms with E-state index in [9.17, 15) is 15.2 Å². The summed E-state index contributed by atoms with van der Waals surface area (Å²) in [6.45, 7) is 7.50. The van der Waals surface area contributed by atoms with Crippen LogP contribution in [0.3, 0.4) is 0 Å². The summed E-state index contributed by atoms with van der Waals surface area (Å²) < 4.78 is 12.0. The third kappa shape index (κ3) is 6.42. The third-order valence-electron chi connectivity index (χ3n) is 10.1. The Morgan fingerprint density at radius 3 is 2.68 bits per heavy atom. The molecule has 1 saturated heterocycles. The fraction of sp³-hybridized carbons (Fsp3) is 0.325. The number of halogens is 1. The van der Waals surface area contributed by atoms with Crippen LogP contribution in [0.2, 0.25) is 5.02 Å². The maximum Gasteiger partial charge on any atom is 0.307 e. The zero-order valence-corrected chi connectivity index (χ0v) is 29.2. The number of pyridine rings is 1. The van der Waals surface area contributed by atoms with Gasteiger partial charge in [-0.3, -0.25) is 9.69 Å². The maximum atomic E-state index is 11.5. The number of hydrogen-bond donors (Lipinski definition) is 3. The number of benzene rings is 3. The highest BCUT2D eigenvalue weighted by Crippen LogP contribution is 2.43. The van der Waals surface area contributed by atoms with Crippen LogP contribution < -0.4 is 14.8 Å². The molecule has 50 heavy (non-hydrogen) atoms. The number of hydrogen-bond acceptors (Lipinski definition) is 7. The summed E-state index contributed by atoms with van der Waals surface area (Å²) in [5.41, 5.74) is 11.1. The number of methoxy groups -OCH3 is 1. The molecule has 2 aromatic heterocycles. The second-order valence-electron chi connectivity index (χ2n) is 13.2. The second kappa shape index (κ2) is 14.2. The molecular formula is C40H40ClN5O4. The van der Waals surface area contributed by atoms with Crippen LogP contribution in [0.25, 0.3) is 33.3 Å². The summed E-state index contributed by atoms with van der Waals surface area (Å²) in [7, 11) is 1.60. The Morgan fingerprint density at radius 2 is 1.92 bits per heavy atom. The predicted octanol–water partition coefficient (Wildman–Crippen LogP) is 7.82. The molecule has 1 aliphatic heterocycles. The van der Waals surface area contributed by atoms with Crippen molar-refractivity contribution in [1.82, 2.24) is 20.2 Å². The van der Waals surface area contributed by atoms with Crippen LogP contribution in [-0.2, 0) is 24.3 Å². The first-order chi connectivity index (χ1) is 24.3. The Labute approximate surface area is 296 Å². The number of aromatic nitrogens is 2. The first-order valence-corrected chi connectivity index (χ1v) is 17.5. The summed E-state index contributed by atoms with van der Waals surface area (Å²) in [4.78, 5) is 21.8. The number of fused-ring (bicyclic) bond motifs is 2. The largest absolute Gasteiger partial charge is 0.481 e. The molecule has 0 spiro atoms. The van der Waals surface area contributed by atoms with Gasteiger partial charge in [-0.15, -0.1) is 0 Å². The molecule has 0 saturated carbocycles. The number of aliphatic carboxylic acids is 1. The van der Waals surface area contributed by atoms with E-state index >= 15 is 0 Å². The molecule has 0 amide bonds. The van der Waals surface area contributed by atoms with Gasteiger partial charge in [-0.1, -0.05) is 54.9 Å². The van der Waals surface area contributed by atoms with E-state index in [1.54, 1.807) is 7.11 Å². The van der Waals surface area contributed by atoms with Gasteiger partial charge in [0.1, 0.15) is 17.2 Å². The van der Waals surface area contributed by atoms with Crippen molar-refractivity contribution in [2.45, 2.75) is 52.3 Å². The Morgan fingerprint density at radius 1 is 1.12 bits per heavy atom. The van der Waals surface area contributed by atoms with E-state index in [0.29, 0.717) is 48.4 Å². The quantitative estimate of drug-likeness (QED) is 0.128. The average molecular weight is 690 g/mol. The van der Waals surface area contributed by atoms with Crippen molar-refractivity contribution in [3.63, 3.8) is 0 Å². The van der Waals surface area contributed by atoms with Crippen LogP contribution in [0.1, 0.15) is 59.3 Å². The van der Waals surface area contributed by atoms with Gasteiger partial charge in [0.2, 0.25) is 11.8 Å². The lowest BCUT2D eigenvalue weighted by Crippen LogP contribution is -2.22. The minimum atomic E-state index is -0.744. The molecule has 7 rings (SSSR count). The number of carbonyl (C=O) groups is 1. The Hall–Kier alpha value is -4.88. The maximum absolute atomic E-state index is 11.5. The minimum Gasteiger partial charge on any atom is -0.481 e. The summed E-state index contributed by atoms with van der Waals surface area (Å²) >= 11 is 6.66. The number of carboxylic acids is 1. The molecule has 1 aliphatic carbocycles. The summed E-state index contributed by atoms with van der Waals surface area (Å²) in [6, 6.07) is 23.1. The van der Waals surface area contributed by atoms with E-state index in [2.05, 4.69) is 81.7 Å². The zero-order chi connectivity index (χ0) is 34.9. The van der Waals surface area contributed by atoms with Gasteiger partial charge in [-0.05, 0) is 96.9 Å². The lowest BCUT2D eigenvalue weighted by Gasteiger charge is -2.18. The van der Waals surface area contributed by atoms with Crippen molar-refractivity contribution in [3.8, 4) is 40.2 Å². The molecule has 0 bridgehead atoms. The predicted molar refractivity (Wildman–Crippen MR) is 195 cm³/mol. The molecule has 10 heteroatoms. The number of nitrogens with one attached hydrogen (secondary N) is 2. The number of H-pyrrole nitrogens is 1. The molecule has 3 N–H and O–H groups in total. The normalized spacial score (nSPS) is 17.2. The SMILES string of the molecule is CCNCc1cc(Cl)c(O[C@H]2CCc3c(-c4cccc(-c5cc6cc(CN7CC[C@H](C(=O)O)C7)cc(C#N)c6[nH]5)c4C)cccc32)nc1OC. The lowest BCUT2D eigenvalue weighted by atomic mass is 9.91. The van der Waals surface area contributed by atoms with Gasteiger partial charge in [0.15, 0.2) is 0 Å². The van der Waals surface area contributed by atoms with Crippen LogP contribution in [0, 0.1) is 24.2 Å². The van der Waals surface area contributed by atoms with Crippen LogP contribution in [-0.4, -0.2) is 52.7 Å². The van der Waals surface area contributed by atoms with Crippen molar-refractivity contribution in [2.75, 3.05) is 26.7 Å². The number of rotatable bonds is 11. The highest BCUT2D eigenvalue weighted by Gasteiger charge is 2.30. The highest BCUT2D eigenvalue weighted by atomic mass is 35.5. The molecule has 0 unspecified atom stereocenters. The summed E-state index contributed by atoms with van der Waals surface area (Å²) in [5, 5.41) is 24.2. The average Bonchev–Trinajstić information content (AvgIpc) is 3.87. The number of aromatic amines is 1. The molecule has 3 heterocycles. The lowest BCUT2D eigenvalue weighted by molar-refractivity contribution is -0.141. The topological polar surface area (TPSA) is 124 Å². The third-order valence-corrected chi connectivity index (χ3v) is 10.3. The van der Waals surface area contributed by atoms with E-state index in [0.717, 1.165) is 75.9 Å². The Bertz CT molecular complexity index is 2140. The van der Waals surface area contributed by atoms with Crippen LogP contribution in [0.15, 0.2) is 60.7 Å².